The van der Waals surface area contributed by atoms with E-state index in [1.807, 2.05) is 0 Å². The molecule has 2 amide bonds. The Kier molecular flexibility index (Phi) is 7.26. The number of benzene rings is 2. The molecule has 1 aliphatic heterocycles. The molecule has 1 heterocycles. The van der Waals surface area contributed by atoms with Gasteiger partial charge in [0.25, 0.3) is 11.8 Å². The molecule has 0 unspecified atom stereocenters. The van der Waals surface area contributed by atoms with Crippen molar-refractivity contribution in [1.29, 1.82) is 0 Å². The van der Waals surface area contributed by atoms with Crippen molar-refractivity contribution in [3.8, 4) is 0 Å². The van der Waals surface area contributed by atoms with E-state index in [9.17, 15) is 22.8 Å². The van der Waals surface area contributed by atoms with E-state index < -0.39 is 28.5 Å². The second kappa shape index (κ2) is 9.92. The lowest BCUT2D eigenvalue weighted by molar-refractivity contribution is -0.119. The number of nitrogens with one attached hydrogen (secondary N) is 1. The molecule has 170 valence electrons. The molecule has 1 aliphatic rings. The second-order valence-corrected chi connectivity index (χ2v) is 9.48. The van der Waals surface area contributed by atoms with Gasteiger partial charge >= 0.3 is 5.97 Å². The molecule has 2 aromatic rings. The number of anilines is 1. The van der Waals surface area contributed by atoms with Crippen molar-refractivity contribution in [1.82, 2.24) is 9.21 Å². The van der Waals surface area contributed by atoms with Gasteiger partial charge in [-0.2, -0.15) is 4.31 Å². The third-order valence-electron chi connectivity index (χ3n) is 4.93. The summed E-state index contributed by atoms with van der Waals surface area (Å²) in [7, 11) is -0.377. The SMILES string of the molecule is CN(C)C(=O)c1ccc(NC(=O)COC(=O)c2cccc(S(=O)(=O)N3CCCC3)c2)cc1. The van der Waals surface area contributed by atoms with Crippen molar-refractivity contribution < 1.29 is 27.5 Å². The molecule has 0 saturated carbocycles. The Bertz CT molecular complexity index is 1110. The number of carbonyl (C=O) groups is 3. The minimum absolute atomic E-state index is 0.0191. The lowest BCUT2D eigenvalue weighted by Gasteiger charge is -2.15. The minimum atomic E-state index is -3.66. The molecule has 0 aliphatic carbocycles. The maximum Gasteiger partial charge on any atom is 0.338 e. The van der Waals surface area contributed by atoms with Crippen LogP contribution in [-0.4, -0.2) is 69.2 Å². The lowest BCUT2D eigenvalue weighted by atomic mass is 10.2. The first-order valence-electron chi connectivity index (χ1n) is 10.1. The number of rotatable bonds is 7. The van der Waals surface area contributed by atoms with Crippen LogP contribution < -0.4 is 5.32 Å². The van der Waals surface area contributed by atoms with Crippen LogP contribution in [0.25, 0.3) is 0 Å². The number of ether oxygens (including phenoxy) is 1. The molecule has 0 atom stereocenters. The van der Waals surface area contributed by atoms with Gasteiger partial charge in [0.15, 0.2) is 6.61 Å². The highest BCUT2D eigenvalue weighted by Gasteiger charge is 2.27. The third kappa shape index (κ3) is 5.51. The summed E-state index contributed by atoms with van der Waals surface area (Å²) in [6.45, 7) is 0.378. The molecule has 0 aromatic heterocycles. The number of nitrogens with zero attached hydrogens (tertiary/aromatic N) is 2. The minimum Gasteiger partial charge on any atom is -0.452 e. The highest BCUT2D eigenvalue weighted by atomic mass is 32.2. The Morgan fingerprint density at radius 1 is 1.00 bits per heavy atom. The fraction of sp³-hybridized carbons (Fsp3) is 0.318. The Morgan fingerprint density at radius 2 is 1.66 bits per heavy atom. The van der Waals surface area contributed by atoms with Crippen LogP contribution in [0.3, 0.4) is 0 Å². The van der Waals surface area contributed by atoms with Gasteiger partial charge in [0.05, 0.1) is 10.5 Å². The average Bonchev–Trinajstić information content (AvgIpc) is 3.33. The van der Waals surface area contributed by atoms with Gasteiger partial charge in [0.2, 0.25) is 10.0 Å². The zero-order valence-electron chi connectivity index (χ0n) is 17.9. The zero-order chi connectivity index (χ0) is 23.3. The predicted octanol–water partition coefficient (Wildman–Crippen LogP) is 1.97. The second-order valence-electron chi connectivity index (χ2n) is 7.54. The molecule has 1 saturated heterocycles. The molecule has 1 fully saturated rings. The van der Waals surface area contributed by atoms with Gasteiger partial charge in [0, 0.05) is 38.4 Å². The van der Waals surface area contributed by atoms with Crippen molar-refractivity contribution in [2.75, 3.05) is 39.1 Å². The molecule has 10 heteroatoms. The summed E-state index contributed by atoms with van der Waals surface area (Å²) in [6, 6.07) is 11.9. The molecule has 3 rings (SSSR count). The van der Waals surface area contributed by atoms with Gasteiger partial charge < -0.3 is 15.0 Å². The third-order valence-corrected chi connectivity index (χ3v) is 6.82. The molecule has 0 bridgehead atoms. The van der Waals surface area contributed by atoms with E-state index in [1.54, 1.807) is 38.4 Å². The first-order valence-corrected chi connectivity index (χ1v) is 11.5. The van der Waals surface area contributed by atoms with Crippen LogP contribution >= 0.6 is 0 Å². The summed E-state index contributed by atoms with van der Waals surface area (Å²) < 4.78 is 31.8. The number of amides is 2. The number of hydrogen-bond donors (Lipinski definition) is 1. The number of sulfonamides is 1. The van der Waals surface area contributed by atoms with Crippen molar-refractivity contribution in [3.63, 3.8) is 0 Å². The van der Waals surface area contributed by atoms with Crippen molar-refractivity contribution >= 4 is 33.5 Å². The maximum atomic E-state index is 12.7. The van der Waals surface area contributed by atoms with Crippen molar-refractivity contribution in [2.24, 2.45) is 0 Å². The largest absolute Gasteiger partial charge is 0.452 e. The smallest absolute Gasteiger partial charge is 0.338 e. The first kappa shape index (κ1) is 23.4. The summed E-state index contributed by atoms with van der Waals surface area (Å²) in [4.78, 5) is 37.8. The van der Waals surface area contributed by atoms with E-state index in [0.717, 1.165) is 12.8 Å². The first-order chi connectivity index (χ1) is 15.2. The molecule has 0 spiro atoms. The van der Waals surface area contributed by atoms with Crippen LogP contribution in [0.2, 0.25) is 0 Å². The predicted molar refractivity (Wildman–Crippen MR) is 118 cm³/mol. The highest BCUT2D eigenvalue weighted by Crippen LogP contribution is 2.22. The van der Waals surface area contributed by atoms with Crippen LogP contribution in [0.5, 0.6) is 0 Å². The van der Waals surface area contributed by atoms with E-state index in [4.69, 9.17) is 4.74 Å². The maximum absolute atomic E-state index is 12.7. The van der Waals surface area contributed by atoms with Gasteiger partial charge in [-0.25, -0.2) is 13.2 Å². The number of carbonyl (C=O) groups excluding carboxylic acids is 3. The molecule has 1 N–H and O–H groups in total. The van der Waals surface area contributed by atoms with Crippen molar-refractivity contribution in [3.05, 3.63) is 59.7 Å². The Labute approximate surface area is 187 Å². The van der Waals surface area contributed by atoms with Gasteiger partial charge in [-0.3, -0.25) is 9.59 Å². The lowest BCUT2D eigenvalue weighted by Crippen LogP contribution is -2.28. The van der Waals surface area contributed by atoms with Crippen LogP contribution in [0.1, 0.15) is 33.6 Å². The van der Waals surface area contributed by atoms with E-state index in [1.165, 1.54) is 33.5 Å². The van der Waals surface area contributed by atoms with Gasteiger partial charge in [-0.1, -0.05) is 6.07 Å². The van der Waals surface area contributed by atoms with E-state index in [-0.39, 0.29) is 16.4 Å². The quantitative estimate of drug-likeness (QED) is 0.634. The molecular weight excluding hydrogens is 434 g/mol. The van der Waals surface area contributed by atoms with Gasteiger partial charge in [-0.05, 0) is 55.3 Å². The molecule has 32 heavy (non-hydrogen) atoms. The van der Waals surface area contributed by atoms with Crippen molar-refractivity contribution in [2.45, 2.75) is 17.7 Å². The summed E-state index contributed by atoms with van der Waals surface area (Å²) in [5, 5.41) is 2.57. The molecule has 9 nitrogen and oxygen atoms in total. The van der Waals surface area contributed by atoms with Crippen LogP contribution in [0.15, 0.2) is 53.4 Å². The van der Waals surface area contributed by atoms with Crippen LogP contribution in [-0.2, 0) is 19.6 Å². The monoisotopic (exact) mass is 459 g/mol. The van der Waals surface area contributed by atoms with E-state index in [2.05, 4.69) is 5.32 Å². The fourth-order valence-corrected chi connectivity index (χ4v) is 4.79. The average molecular weight is 460 g/mol. The summed E-state index contributed by atoms with van der Waals surface area (Å²) in [5.41, 5.74) is 0.966. The Balaban J connectivity index is 1.57. The highest BCUT2D eigenvalue weighted by molar-refractivity contribution is 7.89. The summed E-state index contributed by atoms with van der Waals surface area (Å²) in [6.07, 6.45) is 1.62. The van der Waals surface area contributed by atoms with E-state index in [0.29, 0.717) is 24.3 Å². The summed E-state index contributed by atoms with van der Waals surface area (Å²) >= 11 is 0. The van der Waals surface area contributed by atoms with Crippen LogP contribution in [0.4, 0.5) is 5.69 Å². The Morgan fingerprint density at radius 3 is 2.28 bits per heavy atom. The standard InChI is InChI=1S/C22H25N3O6S/c1-24(2)21(27)16-8-10-18(11-9-16)23-20(26)15-31-22(28)17-6-5-7-19(14-17)32(29,30)25-12-3-4-13-25/h5-11,14H,3-4,12-13,15H2,1-2H3,(H,23,26). The van der Waals surface area contributed by atoms with Gasteiger partial charge in [-0.15, -0.1) is 0 Å². The number of hydrogen-bond acceptors (Lipinski definition) is 6. The molecular formula is C22H25N3O6S. The normalized spacial score (nSPS) is 14.1. The van der Waals surface area contributed by atoms with Gasteiger partial charge in [0.1, 0.15) is 0 Å². The fourth-order valence-electron chi connectivity index (χ4n) is 3.23. The van der Waals surface area contributed by atoms with E-state index >= 15 is 0 Å². The zero-order valence-corrected chi connectivity index (χ0v) is 18.7. The number of esters is 1. The Hall–Kier alpha value is -3.24. The molecule has 2 aromatic carbocycles. The topological polar surface area (TPSA) is 113 Å². The molecule has 0 radical (unpaired) electrons. The van der Waals surface area contributed by atoms with Crippen LogP contribution in [0, 0.1) is 0 Å². The summed E-state index contributed by atoms with van der Waals surface area (Å²) in [5.74, 6) is -1.53.